The molecule has 1 aliphatic carbocycles. The number of fused-ring (bicyclic) bond motifs is 1. The summed E-state index contributed by atoms with van der Waals surface area (Å²) in [5, 5.41) is 6.86. The molecule has 5 rings (SSSR count). The van der Waals surface area contributed by atoms with Crippen LogP contribution in [0.4, 0.5) is 0 Å². The lowest BCUT2D eigenvalue weighted by atomic mass is 9.70. The molecule has 7 nitrogen and oxygen atoms in total. The van der Waals surface area contributed by atoms with E-state index in [-0.39, 0.29) is 30.3 Å². The van der Waals surface area contributed by atoms with Crippen LogP contribution >= 0.6 is 11.6 Å². The number of amides is 3. The van der Waals surface area contributed by atoms with Crippen LogP contribution < -0.4 is 10.6 Å². The summed E-state index contributed by atoms with van der Waals surface area (Å²) in [5.41, 5.74) is -1.78. The minimum Gasteiger partial charge on any atom is -0.356 e. The molecule has 1 aromatic rings. The molecule has 0 radical (unpaired) electrons. The number of benzene rings is 1. The van der Waals surface area contributed by atoms with Gasteiger partial charge in [-0.2, -0.15) is 0 Å². The number of halogens is 1. The van der Waals surface area contributed by atoms with Gasteiger partial charge in [-0.3, -0.25) is 14.4 Å². The Hall–Kier alpha value is -2.38. The van der Waals surface area contributed by atoms with Crippen LogP contribution in [0.2, 0.25) is 5.02 Å². The van der Waals surface area contributed by atoms with Crippen LogP contribution in [-0.4, -0.2) is 51.4 Å². The first-order chi connectivity index (χ1) is 16.9. The van der Waals surface area contributed by atoms with Gasteiger partial charge in [0.05, 0.1) is 17.4 Å². The number of nitrogens with one attached hydrogen (secondary N) is 2. The average molecular weight is 514 g/mol. The van der Waals surface area contributed by atoms with Gasteiger partial charge in [0.25, 0.3) is 0 Å². The van der Waals surface area contributed by atoms with E-state index in [0.717, 1.165) is 31.2 Å². The van der Waals surface area contributed by atoms with Gasteiger partial charge in [0, 0.05) is 23.1 Å². The second-order valence-corrected chi connectivity index (χ2v) is 12.4. The Morgan fingerprint density at radius 1 is 1.08 bits per heavy atom. The van der Waals surface area contributed by atoms with Crippen LogP contribution in [0.3, 0.4) is 0 Å². The highest BCUT2D eigenvalue weighted by Crippen LogP contribution is 2.60. The number of carbonyl (C=O) groups is 3. The predicted molar refractivity (Wildman–Crippen MR) is 137 cm³/mol. The smallest absolute Gasteiger partial charge is 0.246 e. The summed E-state index contributed by atoms with van der Waals surface area (Å²) in [6.45, 7) is 7.80. The van der Waals surface area contributed by atoms with E-state index < -0.39 is 34.6 Å². The molecule has 3 aliphatic heterocycles. The fourth-order valence-corrected chi connectivity index (χ4v) is 6.69. The first kappa shape index (κ1) is 25.3. The van der Waals surface area contributed by atoms with E-state index in [1.54, 1.807) is 17.0 Å². The van der Waals surface area contributed by atoms with Crippen molar-refractivity contribution in [3.63, 3.8) is 0 Å². The summed E-state index contributed by atoms with van der Waals surface area (Å²) in [7, 11) is 0. The predicted octanol–water partition coefficient (Wildman–Crippen LogP) is 3.74. The first-order valence-corrected chi connectivity index (χ1v) is 13.4. The summed E-state index contributed by atoms with van der Waals surface area (Å²) in [6.07, 6.45) is 9.02. The van der Waals surface area contributed by atoms with Gasteiger partial charge in [-0.15, -0.1) is 0 Å². The maximum Gasteiger partial charge on any atom is 0.246 e. The van der Waals surface area contributed by atoms with E-state index in [1.165, 1.54) is 6.42 Å². The zero-order valence-electron chi connectivity index (χ0n) is 21.5. The molecule has 3 amide bonds. The molecule has 1 aromatic carbocycles. The molecule has 3 heterocycles. The number of rotatable bonds is 5. The molecule has 36 heavy (non-hydrogen) atoms. The number of nitrogens with zero attached hydrogens (tertiary/aromatic N) is 1. The van der Waals surface area contributed by atoms with Crippen molar-refractivity contribution in [2.24, 2.45) is 11.8 Å². The van der Waals surface area contributed by atoms with Crippen LogP contribution in [0.25, 0.3) is 0 Å². The minimum absolute atomic E-state index is 0.121. The molecule has 1 saturated carbocycles. The standard InChI is InChI=1S/C28H36ClN3O4/c1-26(2,3)31-24(34)22-28-15-14-27(4,36-28)20(23(33)30-19-8-6-5-7-9-19)21(28)25(35)32(22)16-17-10-12-18(29)13-11-17/h10-15,19-22H,5-9,16H2,1-4H3,(H,30,33)(H,31,34)/t20-,21+,22+,27-,28+/m1/s1. The van der Waals surface area contributed by atoms with E-state index in [4.69, 9.17) is 16.3 Å². The number of hydrogen-bond acceptors (Lipinski definition) is 4. The second kappa shape index (κ2) is 8.88. The van der Waals surface area contributed by atoms with E-state index >= 15 is 0 Å². The summed E-state index contributed by atoms with van der Waals surface area (Å²) in [6, 6.07) is 6.46. The highest BCUT2D eigenvalue weighted by atomic mass is 35.5. The lowest BCUT2D eigenvalue weighted by Crippen LogP contribution is -2.57. The van der Waals surface area contributed by atoms with Crippen molar-refractivity contribution < 1.29 is 19.1 Å². The fraction of sp³-hybridized carbons (Fsp3) is 0.607. The maximum atomic E-state index is 14.1. The van der Waals surface area contributed by atoms with Crippen LogP contribution in [-0.2, 0) is 25.7 Å². The van der Waals surface area contributed by atoms with Crippen molar-refractivity contribution in [3.05, 3.63) is 47.0 Å². The van der Waals surface area contributed by atoms with Gasteiger partial charge in [-0.05, 0) is 58.2 Å². The van der Waals surface area contributed by atoms with Crippen LogP contribution in [0.5, 0.6) is 0 Å². The highest BCUT2D eigenvalue weighted by molar-refractivity contribution is 6.30. The Morgan fingerprint density at radius 3 is 2.39 bits per heavy atom. The second-order valence-electron chi connectivity index (χ2n) is 12.0. The fourth-order valence-electron chi connectivity index (χ4n) is 6.56. The Bertz CT molecular complexity index is 1090. The molecule has 2 bridgehead atoms. The summed E-state index contributed by atoms with van der Waals surface area (Å²) >= 11 is 6.07. The first-order valence-electron chi connectivity index (χ1n) is 13.0. The maximum absolute atomic E-state index is 14.1. The molecule has 0 unspecified atom stereocenters. The quantitative estimate of drug-likeness (QED) is 0.587. The number of hydrogen-bond donors (Lipinski definition) is 2. The normalized spacial score (nSPS) is 33.6. The monoisotopic (exact) mass is 513 g/mol. The molecule has 0 aromatic heterocycles. The molecule has 5 atom stereocenters. The summed E-state index contributed by atoms with van der Waals surface area (Å²) in [5.74, 6) is -2.13. The van der Waals surface area contributed by atoms with Gasteiger partial charge in [0.15, 0.2) is 0 Å². The van der Waals surface area contributed by atoms with Gasteiger partial charge >= 0.3 is 0 Å². The third-order valence-corrected chi connectivity index (χ3v) is 8.30. The number of ether oxygens (including phenoxy) is 1. The van der Waals surface area contributed by atoms with Crippen LogP contribution in [0.1, 0.15) is 65.4 Å². The Balaban J connectivity index is 1.51. The molecule has 2 saturated heterocycles. The Labute approximate surface area is 218 Å². The van der Waals surface area contributed by atoms with Crippen molar-refractivity contribution in [1.29, 1.82) is 0 Å². The van der Waals surface area contributed by atoms with E-state index in [9.17, 15) is 14.4 Å². The third-order valence-electron chi connectivity index (χ3n) is 8.04. The Morgan fingerprint density at radius 2 is 1.75 bits per heavy atom. The van der Waals surface area contributed by atoms with E-state index in [0.29, 0.717) is 5.02 Å². The number of carbonyl (C=O) groups excluding carboxylic acids is 3. The lowest BCUT2D eigenvalue weighted by molar-refractivity contribution is -0.146. The van der Waals surface area contributed by atoms with Crippen molar-refractivity contribution >= 4 is 29.3 Å². The van der Waals surface area contributed by atoms with Crippen LogP contribution in [0, 0.1) is 11.8 Å². The average Bonchev–Trinajstić information content (AvgIpc) is 3.36. The molecule has 2 N–H and O–H groups in total. The third kappa shape index (κ3) is 4.24. The molecule has 1 spiro atoms. The molecule has 3 fully saturated rings. The largest absolute Gasteiger partial charge is 0.356 e. The molecule has 8 heteroatoms. The Kier molecular flexibility index (Phi) is 6.23. The van der Waals surface area contributed by atoms with Crippen molar-refractivity contribution in [3.8, 4) is 0 Å². The van der Waals surface area contributed by atoms with Crippen molar-refractivity contribution in [2.45, 2.75) is 95.2 Å². The van der Waals surface area contributed by atoms with Gasteiger partial charge in [0.2, 0.25) is 17.7 Å². The van der Waals surface area contributed by atoms with Crippen molar-refractivity contribution in [1.82, 2.24) is 15.5 Å². The SMILES string of the molecule is CC(C)(C)NC(=O)[C@@H]1N(Cc2ccc(Cl)cc2)C(=O)[C@@H]2[C@H](C(=O)NC3CCCCC3)[C@@]3(C)C=C[C@]21O3. The zero-order chi connectivity index (χ0) is 25.9. The lowest BCUT2D eigenvalue weighted by Gasteiger charge is -2.35. The van der Waals surface area contributed by atoms with Crippen LogP contribution in [0.15, 0.2) is 36.4 Å². The van der Waals surface area contributed by atoms with E-state index in [2.05, 4.69) is 10.6 Å². The van der Waals surface area contributed by atoms with Gasteiger partial charge < -0.3 is 20.3 Å². The summed E-state index contributed by atoms with van der Waals surface area (Å²) in [4.78, 5) is 43.1. The minimum atomic E-state index is -1.19. The molecular weight excluding hydrogens is 478 g/mol. The molecular formula is C28H36ClN3O4. The van der Waals surface area contributed by atoms with E-state index in [1.807, 2.05) is 52.0 Å². The van der Waals surface area contributed by atoms with Gasteiger partial charge in [0.1, 0.15) is 11.6 Å². The highest BCUT2D eigenvalue weighted by Gasteiger charge is 2.76. The van der Waals surface area contributed by atoms with Gasteiger partial charge in [-0.25, -0.2) is 0 Å². The topological polar surface area (TPSA) is 87.7 Å². The van der Waals surface area contributed by atoms with Gasteiger partial charge in [-0.1, -0.05) is 55.1 Å². The molecule has 194 valence electrons. The zero-order valence-corrected chi connectivity index (χ0v) is 22.2. The number of likely N-dealkylation sites (tertiary alicyclic amines) is 1. The summed E-state index contributed by atoms with van der Waals surface area (Å²) < 4.78 is 6.58. The van der Waals surface area contributed by atoms with Crippen molar-refractivity contribution in [2.75, 3.05) is 0 Å². The molecule has 4 aliphatic rings.